The van der Waals surface area contributed by atoms with E-state index in [4.69, 9.17) is 9.47 Å². The molecule has 13 heteroatoms. The van der Waals surface area contributed by atoms with Gasteiger partial charge in [0.25, 0.3) is 0 Å². The summed E-state index contributed by atoms with van der Waals surface area (Å²) in [6, 6.07) is 30.4. The Hall–Kier alpha value is -4.77. The third-order valence-corrected chi connectivity index (χ3v) is 8.71. The molecule has 0 aliphatic heterocycles. The number of alkyl halides is 2. The molecule has 0 bridgehead atoms. The van der Waals surface area contributed by atoms with Crippen molar-refractivity contribution in [1.29, 1.82) is 0 Å². The summed E-state index contributed by atoms with van der Waals surface area (Å²) in [5.41, 5.74) is 2.05. The van der Waals surface area contributed by atoms with E-state index in [0.29, 0.717) is 27.9 Å². The molecule has 242 valence electrons. The Labute approximate surface area is 273 Å². The zero-order valence-corrected chi connectivity index (χ0v) is 26.5. The molecule has 1 unspecified atom stereocenters. The summed E-state index contributed by atoms with van der Waals surface area (Å²) >= 11 is 1.21. The number of carbonyl (C=O) groups excluding carboxylic acids is 2. The van der Waals surface area contributed by atoms with Crippen LogP contribution in [0.2, 0.25) is 0 Å². The van der Waals surface area contributed by atoms with Gasteiger partial charge in [-0.05, 0) is 58.8 Å². The summed E-state index contributed by atoms with van der Waals surface area (Å²) in [6.07, 6.45) is -3.91. The van der Waals surface area contributed by atoms with Gasteiger partial charge in [-0.2, -0.15) is 8.78 Å². The van der Waals surface area contributed by atoms with Crippen molar-refractivity contribution in [3.05, 3.63) is 137 Å². The van der Waals surface area contributed by atoms with Crippen LogP contribution in [0.4, 0.5) is 8.78 Å². The lowest BCUT2D eigenvalue weighted by molar-refractivity contribution is -0.174. The van der Waals surface area contributed by atoms with E-state index in [2.05, 4.69) is 14.1 Å². The fourth-order valence-electron chi connectivity index (χ4n) is 4.80. The van der Waals surface area contributed by atoms with Crippen molar-refractivity contribution in [3.8, 4) is 17.0 Å². The Morgan fingerprint density at radius 3 is 1.68 bits per heavy atom. The second-order valence-electron chi connectivity index (χ2n) is 10.6. The van der Waals surface area contributed by atoms with Crippen LogP contribution in [-0.4, -0.2) is 32.6 Å². The molecule has 9 nitrogen and oxygen atoms in total. The van der Waals surface area contributed by atoms with Crippen LogP contribution in [0.15, 0.2) is 115 Å². The van der Waals surface area contributed by atoms with Crippen molar-refractivity contribution >= 4 is 31.1 Å². The van der Waals surface area contributed by atoms with Crippen molar-refractivity contribution in [2.24, 2.45) is 5.41 Å². The number of hydrogen-bond acceptors (Lipinski definition) is 9. The molecule has 0 radical (unpaired) electrons. The first-order chi connectivity index (χ1) is 22.6. The van der Waals surface area contributed by atoms with Gasteiger partial charge in [0.2, 0.25) is 0 Å². The number of carbonyl (C=O) groups is 2. The van der Waals surface area contributed by atoms with Gasteiger partial charge >= 0.3 is 25.7 Å². The van der Waals surface area contributed by atoms with Gasteiger partial charge < -0.3 is 18.9 Å². The number of rotatable bonds is 14. The Bertz CT molecular complexity index is 1750. The molecule has 1 atom stereocenters. The van der Waals surface area contributed by atoms with E-state index in [-0.39, 0.29) is 31.8 Å². The molecule has 4 aromatic carbocycles. The molecule has 47 heavy (non-hydrogen) atoms. The first kappa shape index (κ1) is 33.6. The molecule has 5 rings (SSSR count). The highest BCUT2D eigenvalue weighted by molar-refractivity contribution is 7.53. The van der Waals surface area contributed by atoms with Crippen LogP contribution in [-0.2, 0) is 49.7 Å². The molecule has 0 amide bonds. The minimum Gasteiger partial charge on any atom is -0.460 e. The smallest absolute Gasteiger partial charge is 0.442 e. The number of nitrogens with zero attached hydrogens (tertiary/aromatic N) is 2. The van der Waals surface area contributed by atoms with Gasteiger partial charge in [-0.25, -0.2) is 4.57 Å². The van der Waals surface area contributed by atoms with E-state index in [1.54, 1.807) is 66.0 Å². The van der Waals surface area contributed by atoms with E-state index in [1.165, 1.54) is 35.8 Å². The van der Waals surface area contributed by atoms with Crippen LogP contribution < -0.4 is 4.52 Å². The zero-order chi connectivity index (χ0) is 33.3. The number of esters is 2. The van der Waals surface area contributed by atoms with E-state index < -0.39 is 31.1 Å². The molecule has 0 saturated heterocycles. The monoisotopic (exact) mass is 678 g/mol. The molecule has 1 heterocycles. The maximum absolute atomic E-state index is 14.2. The molecular weight excluding hydrogens is 649 g/mol. The topological polar surface area (TPSA) is 125 Å². The summed E-state index contributed by atoms with van der Waals surface area (Å²) in [5, 5.41) is 5.88. The quantitative estimate of drug-likeness (QED) is 0.0735. The van der Waals surface area contributed by atoms with Gasteiger partial charge in [0.15, 0.2) is 5.41 Å². The number of aromatic nitrogens is 2. The lowest BCUT2D eigenvalue weighted by Gasteiger charge is -2.30. The van der Waals surface area contributed by atoms with Crippen LogP contribution >= 0.6 is 19.1 Å². The molecule has 1 aromatic heterocycles. The second-order valence-corrected chi connectivity index (χ2v) is 12.9. The predicted octanol–water partition coefficient (Wildman–Crippen LogP) is 7.25. The molecular formula is C34H29F2N2O7PS. The molecule has 1 N–H and O–H groups in total. The van der Waals surface area contributed by atoms with Gasteiger partial charge in [-0.1, -0.05) is 102 Å². The third kappa shape index (κ3) is 8.74. The largest absolute Gasteiger partial charge is 0.460 e. The molecule has 0 aliphatic carbocycles. The minimum atomic E-state index is -5.21. The lowest BCUT2D eigenvalue weighted by Crippen LogP contribution is -2.45. The zero-order valence-electron chi connectivity index (χ0n) is 24.8. The molecule has 5 aromatic rings. The Kier molecular flexibility index (Phi) is 10.9. The average Bonchev–Trinajstić information content (AvgIpc) is 3.63. The lowest BCUT2D eigenvalue weighted by atomic mass is 9.76. The Morgan fingerprint density at radius 1 is 0.745 bits per heavy atom. The Balaban J connectivity index is 1.50. The maximum atomic E-state index is 14.2. The first-order valence-corrected chi connectivity index (χ1v) is 16.8. The maximum Gasteiger partial charge on any atom is 0.442 e. The van der Waals surface area contributed by atoms with Gasteiger partial charge in [0.1, 0.15) is 24.7 Å². The minimum absolute atomic E-state index is 0.102. The molecule has 0 spiro atoms. The number of ether oxygens (including phenoxy) is 2. The summed E-state index contributed by atoms with van der Waals surface area (Å²) in [7, 11) is -5.21. The van der Waals surface area contributed by atoms with Crippen LogP contribution in [0.25, 0.3) is 11.3 Å². The van der Waals surface area contributed by atoms with E-state index in [1.807, 2.05) is 24.3 Å². The van der Waals surface area contributed by atoms with Crippen molar-refractivity contribution in [2.75, 3.05) is 0 Å². The number of halogens is 2. The highest BCUT2D eigenvalue weighted by Crippen LogP contribution is 2.49. The number of benzene rings is 4. The fourth-order valence-corrected chi connectivity index (χ4v) is 5.77. The van der Waals surface area contributed by atoms with E-state index in [9.17, 15) is 27.8 Å². The van der Waals surface area contributed by atoms with Crippen LogP contribution in [0.5, 0.6) is 5.75 Å². The highest BCUT2D eigenvalue weighted by atomic mass is 32.1. The van der Waals surface area contributed by atoms with Gasteiger partial charge in [0, 0.05) is 10.9 Å². The van der Waals surface area contributed by atoms with Crippen molar-refractivity contribution in [1.82, 2.24) is 9.59 Å². The van der Waals surface area contributed by atoms with Crippen LogP contribution in [0, 0.1) is 5.41 Å². The van der Waals surface area contributed by atoms with Gasteiger partial charge in [-0.3, -0.25) is 9.59 Å². The third-order valence-electron chi connectivity index (χ3n) is 7.23. The normalized spacial score (nSPS) is 12.7. The van der Waals surface area contributed by atoms with Crippen molar-refractivity contribution < 1.29 is 41.8 Å². The van der Waals surface area contributed by atoms with Gasteiger partial charge in [0.05, 0.1) is 0 Å². The van der Waals surface area contributed by atoms with E-state index in [0.717, 1.165) is 5.56 Å². The number of hydrogen-bond donors (Lipinski definition) is 1. The van der Waals surface area contributed by atoms with E-state index >= 15 is 0 Å². The SMILES string of the molecule is O=C(OCc1ccccc1)C(Cc1ccc(OP(=O)(O)C(F)F)cc1)(Cc1ccc(-c2csnn2)cc1)C(=O)OCc1ccccc1. The van der Waals surface area contributed by atoms with Gasteiger partial charge in [-0.15, -0.1) is 5.10 Å². The first-order valence-electron chi connectivity index (χ1n) is 14.3. The van der Waals surface area contributed by atoms with Crippen molar-refractivity contribution in [2.45, 2.75) is 32.2 Å². The summed E-state index contributed by atoms with van der Waals surface area (Å²) in [4.78, 5) is 37.8. The van der Waals surface area contributed by atoms with Crippen LogP contribution in [0.3, 0.4) is 0 Å². The van der Waals surface area contributed by atoms with Crippen LogP contribution in [0.1, 0.15) is 22.3 Å². The molecule has 0 fully saturated rings. The fraction of sp³-hybridized carbons (Fsp3) is 0.176. The highest BCUT2D eigenvalue weighted by Gasteiger charge is 2.49. The van der Waals surface area contributed by atoms with Crippen molar-refractivity contribution in [3.63, 3.8) is 0 Å². The Morgan fingerprint density at radius 2 is 1.23 bits per heavy atom. The predicted molar refractivity (Wildman–Crippen MR) is 171 cm³/mol. The molecule has 0 saturated carbocycles. The molecule has 0 aliphatic rings. The standard InChI is InChI=1S/C34H29F2N2O7PS/c35-33(36)46(41,42)45-29-17-13-25(14-18-29)20-34(31(39)43-21-26-7-3-1-4-8-26,32(40)44-22-27-9-5-2-6-10-27)19-24-11-15-28(16-12-24)30-23-47-38-37-30/h1-18,23,33H,19-22H2,(H,41,42). The average molecular weight is 679 g/mol. The summed E-state index contributed by atoms with van der Waals surface area (Å²) < 4.78 is 57.6. The summed E-state index contributed by atoms with van der Waals surface area (Å²) in [5.74, 6) is -1.94. The second kappa shape index (κ2) is 15.2. The summed E-state index contributed by atoms with van der Waals surface area (Å²) in [6.45, 7) is -0.204.